The number of carbonyl (C=O) groups excluding carboxylic acids is 2. The molecule has 0 bridgehead atoms. The summed E-state index contributed by atoms with van der Waals surface area (Å²) in [5.74, 6) is 1.76. The largest absolute Gasteiger partial charge is 0.497 e. The van der Waals surface area contributed by atoms with Gasteiger partial charge in [-0.1, -0.05) is 0 Å². The summed E-state index contributed by atoms with van der Waals surface area (Å²) < 4.78 is 22.3. The molecule has 1 amide bonds. The number of amides is 1. The lowest BCUT2D eigenvalue weighted by Crippen LogP contribution is -2.35. The molecule has 4 rings (SSSR count). The average molecular weight is 425 g/mol. The van der Waals surface area contributed by atoms with Gasteiger partial charge in [0.1, 0.15) is 17.1 Å². The molecule has 2 aliphatic heterocycles. The maximum atomic E-state index is 12.9. The van der Waals surface area contributed by atoms with E-state index in [9.17, 15) is 9.59 Å². The number of ether oxygens (including phenoxy) is 4. The molecule has 164 valence electrons. The number of methoxy groups -OCH3 is 2. The summed E-state index contributed by atoms with van der Waals surface area (Å²) >= 11 is 0. The van der Waals surface area contributed by atoms with E-state index in [-0.39, 0.29) is 23.8 Å². The summed E-state index contributed by atoms with van der Waals surface area (Å²) in [4.78, 5) is 25.7. The Labute approximate surface area is 181 Å². The fourth-order valence-corrected chi connectivity index (χ4v) is 4.16. The number of fused-ring (bicyclic) bond motifs is 2. The number of hydrogen-bond donors (Lipinski definition) is 1. The molecule has 0 saturated heterocycles. The van der Waals surface area contributed by atoms with E-state index in [1.54, 1.807) is 32.4 Å². The third kappa shape index (κ3) is 4.17. The topological polar surface area (TPSA) is 83.1 Å². The number of ketones is 1. The molecule has 1 N–H and O–H groups in total. The van der Waals surface area contributed by atoms with Gasteiger partial charge in [-0.05, 0) is 50.6 Å². The third-order valence-electron chi connectivity index (χ3n) is 5.66. The van der Waals surface area contributed by atoms with Gasteiger partial charge >= 0.3 is 0 Å². The molecular weight excluding hydrogens is 398 g/mol. The Morgan fingerprint density at radius 2 is 1.97 bits per heavy atom. The lowest BCUT2D eigenvalue weighted by molar-refractivity contribution is -0.123. The molecule has 2 aliphatic rings. The van der Waals surface area contributed by atoms with Gasteiger partial charge in [-0.25, -0.2) is 0 Å². The smallest absolute Gasteiger partial charge is 0.228 e. The van der Waals surface area contributed by atoms with Crippen molar-refractivity contribution >= 4 is 11.7 Å². The van der Waals surface area contributed by atoms with Crippen molar-refractivity contribution in [3.8, 4) is 23.0 Å². The van der Waals surface area contributed by atoms with Crippen LogP contribution in [0.2, 0.25) is 0 Å². The van der Waals surface area contributed by atoms with E-state index in [2.05, 4.69) is 5.32 Å². The Bertz CT molecular complexity index is 1030. The van der Waals surface area contributed by atoms with Crippen LogP contribution in [0.3, 0.4) is 0 Å². The Balaban J connectivity index is 1.48. The first kappa shape index (κ1) is 21.0. The first-order valence-electron chi connectivity index (χ1n) is 10.3. The predicted octanol–water partition coefficient (Wildman–Crippen LogP) is 3.28. The molecule has 1 unspecified atom stereocenters. The second-order valence-corrected chi connectivity index (χ2v) is 8.44. The number of benzene rings is 2. The summed E-state index contributed by atoms with van der Waals surface area (Å²) in [5, 5.41) is 2.79. The summed E-state index contributed by atoms with van der Waals surface area (Å²) in [5.41, 5.74) is 1.85. The molecule has 0 fully saturated rings. The first-order chi connectivity index (χ1) is 14.8. The highest BCUT2D eigenvalue weighted by Crippen LogP contribution is 2.42. The van der Waals surface area contributed by atoms with Crippen molar-refractivity contribution in [1.29, 1.82) is 0 Å². The van der Waals surface area contributed by atoms with Crippen LogP contribution in [0.4, 0.5) is 0 Å². The van der Waals surface area contributed by atoms with Gasteiger partial charge in [0.2, 0.25) is 5.91 Å². The SMILES string of the molecule is COc1ccc2c(c1)C(C(=O)NCC(=O)c1cc3c(c(OC)c1)OC(C)(C)C3)CCO2. The van der Waals surface area contributed by atoms with Gasteiger partial charge in [0, 0.05) is 23.1 Å². The van der Waals surface area contributed by atoms with Crippen LogP contribution in [0.15, 0.2) is 30.3 Å². The van der Waals surface area contributed by atoms with Crippen molar-refractivity contribution in [2.75, 3.05) is 27.4 Å². The molecule has 7 nitrogen and oxygen atoms in total. The highest BCUT2D eigenvalue weighted by molar-refractivity contribution is 6.00. The standard InChI is InChI=1S/C24H27NO6/c1-24(2)12-15-9-14(10-21(29-4)22(15)31-24)19(26)13-25-23(27)17-7-8-30-20-6-5-16(28-3)11-18(17)20/h5-6,9-11,17H,7-8,12-13H2,1-4H3,(H,25,27). The Hall–Kier alpha value is -3.22. The third-order valence-corrected chi connectivity index (χ3v) is 5.66. The van der Waals surface area contributed by atoms with Gasteiger partial charge in [0.05, 0.1) is 33.3 Å². The van der Waals surface area contributed by atoms with Crippen LogP contribution in [-0.2, 0) is 11.2 Å². The van der Waals surface area contributed by atoms with E-state index < -0.39 is 5.92 Å². The average Bonchev–Trinajstić information content (AvgIpc) is 3.09. The van der Waals surface area contributed by atoms with Gasteiger partial charge in [-0.3, -0.25) is 9.59 Å². The van der Waals surface area contributed by atoms with E-state index in [0.29, 0.717) is 48.0 Å². The molecule has 0 spiro atoms. The highest BCUT2D eigenvalue weighted by atomic mass is 16.5. The van der Waals surface area contributed by atoms with Gasteiger partial charge in [0.15, 0.2) is 17.3 Å². The number of rotatable bonds is 6. The molecule has 2 heterocycles. The fraction of sp³-hybridized carbons (Fsp3) is 0.417. The van der Waals surface area contributed by atoms with Gasteiger partial charge in [-0.2, -0.15) is 0 Å². The lowest BCUT2D eigenvalue weighted by Gasteiger charge is -2.25. The minimum atomic E-state index is -0.393. The van der Waals surface area contributed by atoms with E-state index in [1.807, 2.05) is 26.0 Å². The molecule has 0 saturated carbocycles. The van der Waals surface area contributed by atoms with Crippen LogP contribution in [0.5, 0.6) is 23.0 Å². The van der Waals surface area contributed by atoms with Crippen LogP contribution in [0, 0.1) is 0 Å². The summed E-state index contributed by atoms with van der Waals surface area (Å²) in [6.07, 6.45) is 1.23. The minimum Gasteiger partial charge on any atom is -0.497 e. The lowest BCUT2D eigenvalue weighted by atomic mass is 9.92. The van der Waals surface area contributed by atoms with Gasteiger partial charge < -0.3 is 24.3 Å². The fourth-order valence-electron chi connectivity index (χ4n) is 4.16. The van der Waals surface area contributed by atoms with Crippen LogP contribution in [0.25, 0.3) is 0 Å². The molecule has 0 aliphatic carbocycles. The molecular formula is C24H27NO6. The van der Waals surface area contributed by atoms with Crippen molar-refractivity contribution in [3.63, 3.8) is 0 Å². The van der Waals surface area contributed by atoms with E-state index in [4.69, 9.17) is 18.9 Å². The summed E-state index contributed by atoms with van der Waals surface area (Å²) in [7, 11) is 3.13. The summed E-state index contributed by atoms with van der Waals surface area (Å²) in [6.45, 7) is 4.34. The quantitative estimate of drug-likeness (QED) is 0.716. The summed E-state index contributed by atoms with van der Waals surface area (Å²) in [6, 6.07) is 8.92. The van der Waals surface area contributed by atoms with E-state index >= 15 is 0 Å². The number of carbonyl (C=O) groups is 2. The number of hydrogen-bond acceptors (Lipinski definition) is 6. The van der Waals surface area contributed by atoms with Crippen molar-refractivity contribution in [1.82, 2.24) is 5.32 Å². The van der Waals surface area contributed by atoms with Crippen LogP contribution >= 0.6 is 0 Å². The Morgan fingerprint density at radius 3 is 2.71 bits per heavy atom. The molecule has 2 aromatic carbocycles. The Morgan fingerprint density at radius 1 is 1.16 bits per heavy atom. The van der Waals surface area contributed by atoms with Gasteiger partial charge in [-0.15, -0.1) is 0 Å². The monoisotopic (exact) mass is 425 g/mol. The molecule has 2 aromatic rings. The maximum absolute atomic E-state index is 12.9. The van der Waals surface area contributed by atoms with Crippen molar-refractivity contribution in [2.45, 2.75) is 38.2 Å². The molecule has 31 heavy (non-hydrogen) atoms. The zero-order chi connectivity index (χ0) is 22.2. The molecule has 0 radical (unpaired) electrons. The zero-order valence-electron chi connectivity index (χ0n) is 18.2. The molecule has 0 aromatic heterocycles. The zero-order valence-corrected chi connectivity index (χ0v) is 18.2. The number of nitrogens with one attached hydrogen (secondary N) is 1. The van der Waals surface area contributed by atoms with Crippen molar-refractivity contribution in [3.05, 3.63) is 47.0 Å². The molecule has 7 heteroatoms. The minimum absolute atomic E-state index is 0.0956. The number of Topliss-reactive ketones (excluding diaryl/α,β-unsaturated/α-hetero) is 1. The van der Waals surface area contributed by atoms with Crippen molar-refractivity contribution < 1.29 is 28.5 Å². The highest BCUT2D eigenvalue weighted by Gasteiger charge is 2.34. The molecule has 1 atom stereocenters. The van der Waals surface area contributed by atoms with Crippen molar-refractivity contribution in [2.24, 2.45) is 0 Å². The second-order valence-electron chi connectivity index (χ2n) is 8.44. The Kier molecular flexibility index (Phi) is 5.52. The second kappa shape index (κ2) is 8.13. The van der Waals surface area contributed by atoms with Crippen LogP contribution in [0.1, 0.15) is 47.7 Å². The van der Waals surface area contributed by atoms with E-state index in [0.717, 1.165) is 11.1 Å². The van der Waals surface area contributed by atoms with Crippen LogP contribution < -0.4 is 24.3 Å². The maximum Gasteiger partial charge on any atom is 0.228 e. The first-order valence-corrected chi connectivity index (χ1v) is 10.3. The van der Waals surface area contributed by atoms with Gasteiger partial charge in [0.25, 0.3) is 0 Å². The predicted molar refractivity (Wildman–Crippen MR) is 115 cm³/mol. The normalized spacial score (nSPS) is 18.1. The van der Waals surface area contributed by atoms with Crippen LogP contribution in [-0.4, -0.2) is 44.7 Å². The van der Waals surface area contributed by atoms with E-state index in [1.165, 1.54) is 0 Å².